The van der Waals surface area contributed by atoms with Crippen molar-refractivity contribution in [3.8, 4) is 0 Å². The van der Waals surface area contributed by atoms with Crippen LogP contribution in [0, 0.1) is 5.41 Å². The van der Waals surface area contributed by atoms with Crippen LogP contribution in [0.15, 0.2) is 30.3 Å². The van der Waals surface area contributed by atoms with Crippen LogP contribution < -0.4 is 0 Å². The Morgan fingerprint density at radius 2 is 1.79 bits per heavy atom. The highest BCUT2D eigenvalue weighted by Gasteiger charge is 2.20. The summed E-state index contributed by atoms with van der Waals surface area (Å²) in [5.74, 6) is -0.332. The first-order valence-electron chi connectivity index (χ1n) is 4.48. The standard InChI is InChI=1S/C11H14NO2/c1-11(2,3)10(13)14-12-9-7-5-4-6-8-9/h4-8H,1-3H3/q-1. The van der Waals surface area contributed by atoms with Gasteiger partial charge in [0, 0.05) is 0 Å². The Bertz CT molecular complexity index is 301. The Labute approximate surface area is 84.0 Å². The van der Waals surface area contributed by atoms with Crippen molar-refractivity contribution in [2.24, 2.45) is 5.41 Å². The molecule has 1 rings (SSSR count). The van der Waals surface area contributed by atoms with E-state index in [4.69, 9.17) is 4.84 Å². The molecule has 0 saturated heterocycles. The molecule has 3 nitrogen and oxygen atoms in total. The minimum absolute atomic E-state index is 0.332. The molecule has 1 aromatic carbocycles. The van der Waals surface area contributed by atoms with Gasteiger partial charge in [-0.15, -0.1) is 5.69 Å². The number of nitrogens with zero attached hydrogens (tertiary/aromatic N) is 1. The van der Waals surface area contributed by atoms with Crippen LogP contribution in [0.2, 0.25) is 0 Å². The maximum absolute atomic E-state index is 11.3. The van der Waals surface area contributed by atoms with Crippen molar-refractivity contribution in [3.63, 3.8) is 0 Å². The van der Waals surface area contributed by atoms with Crippen molar-refractivity contribution in [3.05, 3.63) is 35.8 Å². The fraction of sp³-hybridized carbons (Fsp3) is 0.364. The second kappa shape index (κ2) is 4.13. The summed E-state index contributed by atoms with van der Waals surface area (Å²) >= 11 is 0. The molecule has 0 radical (unpaired) electrons. The molecule has 76 valence electrons. The average molecular weight is 192 g/mol. The maximum Gasteiger partial charge on any atom is 0.300 e. The monoisotopic (exact) mass is 192 g/mol. The Morgan fingerprint density at radius 3 is 2.29 bits per heavy atom. The maximum atomic E-state index is 11.3. The molecular formula is C11H14NO2-. The van der Waals surface area contributed by atoms with Crippen LogP contribution in [0.1, 0.15) is 20.8 Å². The number of carbonyl (C=O) groups is 1. The SMILES string of the molecule is CC(C)(C)C(=O)O[N-]c1ccccc1. The minimum atomic E-state index is -0.516. The van der Waals surface area contributed by atoms with Crippen LogP contribution >= 0.6 is 0 Å². The van der Waals surface area contributed by atoms with E-state index in [9.17, 15) is 4.79 Å². The van der Waals surface area contributed by atoms with Crippen LogP contribution in [-0.2, 0) is 9.63 Å². The van der Waals surface area contributed by atoms with Gasteiger partial charge in [0.25, 0.3) is 0 Å². The van der Waals surface area contributed by atoms with Gasteiger partial charge in [-0.3, -0.25) is 4.79 Å². The summed E-state index contributed by atoms with van der Waals surface area (Å²) in [4.78, 5) is 16.1. The van der Waals surface area contributed by atoms with Crippen LogP contribution in [0.5, 0.6) is 0 Å². The van der Waals surface area contributed by atoms with E-state index in [1.807, 2.05) is 18.2 Å². The molecule has 0 aromatic heterocycles. The predicted molar refractivity (Wildman–Crippen MR) is 55.0 cm³/mol. The average Bonchev–Trinajstić information content (AvgIpc) is 2.14. The van der Waals surface area contributed by atoms with E-state index in [2.05, 4.69) is 5.48 Å². The molecule has 1 aromatic rings. The summed E-state index contributed by atoms with van der Waals surface area (Å²) in [5, 5.41) is 0. The van der Waals surface area contributed by atoms with Crippen LogP contribution in [0.4, 0.5) is 5.69 Å². The lowest BCUT2D eigenvalue weighted by molar-refractivity contribution is -0.147. The molecule has 0 saturated carbocycles. The van der Waals surface area contributed by atoms with Gasteiger partial charge in [-0.1, -0.05) is 30.3 Å². The van der Waals surface area contributed by atoms with Gasteiger partial charge in [-0.2, -0.15) is 0 Å². The predicted octanol–water partition coefficient (Wildman–Crippen LogP) is 3.20. The van der Waals surface area contributed by atoms with Crippen molar-refractivity contribution in [1.29, 1.82) is 0 Å². The topological polar surface area (TPSA) is 40.4 Å². The van der Waals surface area contributed by atoms with Gasteiger partial charge in [0.15, 0.2) is 0 Å². The number of carbonyl (C=O) groups excluding carboxylic acids is 1. The number of hydrogen-bond donors (Lipinski definition) is 0. The Balaban J connectivity index is 2.46. The van der Waals surface area contributed by atoms with Gasteiger partial charge < -0.3 is 10.3 Å². The number of rotatable bonds is 2. The Morgan fingerprint density at radius 1 is 1.21 bits per heavy atom. The largest absolute Gasteiger partial charge is 0.530 e. The lowest BCUT2D eigenvalue weighted by atomic mass is 9.98. The molecule has 0 N–H and O–H groups in total. The van der Waals surface area contributed by atoms with Crippen LogP contribution in [0.3, 0.4) is 0 Å². The third-order valence-corrected chi connectivity index (χ3v) is 1.60. The zero-order valence-electron chi connectivity index (χ0n) is 8.65. The lowest BCUT2D eigenvalue weighted by Gasteiger charge is -2.26. The molecule has 0 aliphatic heterocycles. The normalized spacial score (nSPS) is 10.8. The fourth-order valence-electron chi connectivity index (χ4n) is 0.720. The highest BCUT2D eigenvalue weighted by molar-refractivity contribution is 5.76. The lowest BCUT2D eigenvalue weighted by Crippen LogP contribution is -2.21. The van der Waals surface area contributed by atoms with Crippen molar-refractivity contribution >= 4 is 11.7 Å². The zero-order chi connectivity index (χ0) is 10.6. The molecule has 14 heavy (non-hydrogen) atoms. The third-order valence-electron chi connectivity index (χ3n) is 1.60. The highest BCUT2D eigenvalue weighted by Crippen LogP contribution is 2.22. The summed E-state index contributed by atoms with van der Waals surface area (Å²) in [5.41, 5.74) is 3.85. The van der Waals surface area contributed by atoms with Crippen LogP contribution in [0.25, 0.3) is 5.48 Å². The van der Waals surface area contributed by atoms with E-state index in [0.717, 1.165) is 0 Å². The first-order valence-corrected chi connectivity index (χ1v) is 4.48. The van der Waals surface area contributed by atoms with E-state index in [-0.39, 0.29) is 5.97 Å². The second-order valence-electron chi connectivity index (χ2n) is 4.06. The van der Waals surface area contributed by atoms with E-state index in [1.165, 1.54) is 0 Å². The Kier molecular flexibility index (Phi) is 3.12. The summed E-state index contributed by atoms with van der Waals surface area (Å²) in [6.07, 6.45) is 0. The molecule has 0 fully saturated rings. The molecule has 0 aliphatic carbocycles. The summed E-state index contributed by atoms with van der Waals surface area (Å²) in [6, 6.07) is 9.10. The van der Waals surface area contributed by atoms with Gasteiger partial charge in [-0.25, -0.2) is 0 Å². The van der Waals surface area contributed by atoms with E-state index in [1.54, 1.807) is 32.9 Å². The quantitative estimate of drug-likeness (QED) is 0.675. The zero-order valence-corrected chi connectivity index (χ0v) is 8.65. The van der Waals surface area contributed by atoms with Gasteiger partial charge in [0.05, 0.1) is 5.41 Å². The Hall–Kier alpha value is -1.51. The van der Waals surface area contributed by atoms with Gasteiger partial charge in [0.2, 0.25) is 0 Å². The highest BCUT2D eigenvalue weighted by atomic mass is 16.7. The first kappa shape index (κ1) is 10.6. The molecule has 0 heterocycles. The number of hydrogen-bond acceptors (Lipinski definition) is 2. The fourth-order valence-corrected chi connectivity index (χ4v) is 0.720. The molecule has 0 bridgehead atoms. The van der Waals surface area contributed by atoms with Crippen molar-refractivity contribution in [1.82, 2.24) is 0 Å². The molecule has 0 unspecified atom stereocenters. The van der Waals surface area contributed by atoms with Crippen molar-refractivity contribution in [2.45, 2.75) is 20.8 Å². The van der Waals surface area contributed by atoms with Crippen molar-refractivity contribution in [2.75, 3.05) is 0 Å². The smallest absolute Gasteiger partial charge is 0.300 e. The molecule has 0 atom stereocenters. The molecule has 3 heteroatoms. The molecular weight excluding hydrogens is 178 g/mol. The van der Waals surface area contributed by atoms with E-state index in [0.29, 0.717) is 5.69 Å². The van der Waals surface area contributed by atoms with Gasteiger partial charge in [-0.05, 0) is 20.8 Å². The molecule has 0 aliphatic rings. The van der Waals surface area contributed by atoms with E-state index < -0.39 is 5.41 Å². The molecule has 0 amide bonds. The third kappa shape index (κ3) is 3.09. The first-order chi connectivity index (χ1) is 6.50. The number of benzene rings is 1. The van der Waals surface area contributed by atoms with Gasteiger partial charge >= 0.3 is 5.97 Å². The second-order valence-corrected chi connectivity index (χ2v) is 4.06. The van der Waals surface area contributed by atoms with Crippen LogP contribution in [-0.4, -0.2) is 5.97 Å². The van der Waals surface area contributed by atoms with Gasteiger partial charge in [0.1, 0.15) is 0 Å². The van der Waals surface area contributed by atoms with Crippen molar-refractivity contribution < 1.29 is 9.63 Å². The summed E-state index contributed by atoms with van der Waals surface area (Å²) < 4.78 is 0. The molecule has 0 spiro atoms. The van der Waals surface area contributed by atoms with E-state index >= 15 is 0 Å². The summed E-state index contributed by atoms with van der Waals surface area (Å²) in [7, 11) is 0. The minimum Gasteiger partial charge on any atom is -0.530 e. The summed E-state index contributed by atoms with van der Waals surface area (Å²) in [6.45, 7) is 5.36.